The molecule has 11 heteroatoms. The van der Waals surface area contributed by atoms with E-state index in [1.54, 1.807) is 35.0 Å². The van der Waals surface area contributed by atoms with Gasteiger partial charge in [-0.1, -0.05) is 58.8 Å². The molecule has 1 N–H and O–H groups in total. The quantitative estimate of drug-likeness (QED) is 0.0890. The van der Waals surface area contributed by atoms with Crippen LogP contribution in [0.5, 0.6) is 0 Å². The van der Waals surface area contributed by atoms with Gasteiger partial charge in [-0.25, -0.2) is 4.68 Å². The molecule has 9 nitrogen and oxygen atoms in total. The van der Waals surface area contributed by atoms with Crippen molar-refractivity contribution in [1.82, 2.24) is 19.9 Å². The summed E-state index contributed by atoms with van der Waals surface area (Å²) < 4.78 is 1.80. The second-order valence-corrected chi connectivity index (χ2v) is 21.5. The van der Waals surface area contributed by atoms with Crippen molar-refractivity contribution >= 4 is 27.5 Å². The number of hydrogen-bond acceptors (Lipinski definition) is 7. The van der Waals surface area contributed by atoms with Crippen molar-refractivity contribution < 1.29 is 0 Å². The van der Waals surface area contributed by atoms with Crippen molar-refractivity contribution in [1.29, 1.82) is 21.3 Å². The molecule has 6 rings (SSSR count). The lowest BCUT2D eigenvalue weighted by Gasteiger charge is -2.19. The van der Waals surface area contributed by atoms with E-state index >= 15 is 0 Å². The summed E-state index contributed by atoms with van der Waals surface area (Å²) in [5, 5.41) is 37.4. The Labute approximate surface area is 373 Å². The average Bonchev–Trinajstić information content (AvgIpc) is 3.61. The number of hydrogen-bond donors (Lipinski definition) is 1. The molecule has 4 aromatic rings. The summed E-state index contributed by atoms with van der Waals surface area (Å²) >= 11 is 0. The predicted molar refractivity (Wildman–Crippen MR) is 251 cm³/mol. The first-order valence-corrected chi connectivity index (χ1v) is 23.2. The Kier molecular flexibility index (Phi) is 17.0. The molecule has 0 unspecified atom stereocenters. The molecule has 0 spiro atoms. The van der Waals surface area contributed by atoms with Crippen LogP contribution in [0.2, 0.25) is 0 Å². The molecule has 0 atom stereocenters. The molecular formula is C51H50N9S2+3. The highest BCUT2D eigenvalue weighted by atomic mass is 32.2. The molecule has 308 valence electrons. The van der Waals surface area contributed by atoms with Crippen LogP contribution < -0.4 is 4.91 Å². The molecule has 0 saturated carbocycles. The Morgan fingerprint density at radius 2 is 1.00 bits per heavy atom. The largest absolute Gasteiger partial charge is 0.220 e. The zero-order valence-electron chi connectivity index (χ0n) is 36.6. The smallest absolute Gasteiger partial charge is 0.220 e. The first-order chi connectivity index (χ1) is 29.4. The summed E-state index contributed by atoms with van der Waals surface area (Å²) in [6.45, 7) is 17.9. The molecule has 0 fully saturated rings. The first kappa shape index (κ1) is 47.8. The van der Waals surface area contributed by atoms with E-state index in [0.29, 0.717) is 16.6 Å². The minimum atomic E-state index is 0.0488. The predicted octanol–water partition coefficient (Wildman–Crippen LogP) is 8.82. The molecule has 0 bridgehead atoms. The standard InChI is InChI=1S/C22H23N4S.C20H22NS.C9H5N4/c1-21(2)11-12-22(3,4)17-27(16-21)15-19-14-26(25-24-19)20-9-7-18(8-10-20)6-5-13-23;1-19(2)11-12-20(3,4)16-22(15-19)14-18-9-7-17(8-10-18)6-5-13-21;10-7-1-2-8-3-5-9(6-4-8)12-13-11/h7-10,14H,15-17H2,1-4H3;7-10H,14-16H2,1-4H3;3-6,11H/q3*+1. The summed E-state index contributed by atoms with van der Waals surface area (Å²) in [6.07, 6.45) is 2.01. The van der Waals surface area contributed by atoms with Gasteiger partial charge in [0.05, 0.1) is 33.5 Å². The third kappa shape index (κ3) is 16.6. The van der Waals surface area contributed by atoms with Crippen molar-refractivity contribution in [2.75, 3.05) is 23.0 Å². The van der Waals surface area contributed by atoms with Crippen molar-refractivity contribution in [2.45, 2.75) is 66.9 Å². The number of nitrogens with zero attached hydrogens (tertiary/aromatic N) is 8. The van der Waals surface area contributed by atoms with Crippen LogP contribution in [0.1, 0.15) is 83.3 Å². The third-order valence-electron chi connectivity index (χ3n) is 8.91. The van der Waals surface area contributed by atoms with Gasteiger partial charge in [-0.2, -0.15) is 15.8 Å². The zero-order chi connectivity index (χ0) is 45.2. The summed E-state index contributed by atoms with van der Waals surface area (Å²) in [5.74, 6) is 35.8. The Hall–Kier alpha value is -6.92. The van der Waals surface area contributed by atoms with Gasteiger partial charge in [0.2, 0.25) is 4.91 Å². The van der Waals surface area contributed by atoms with Crippen molar-refractivity contribution in [3.05, 3.63) is 107 Å². The number of benzene rings is 3. The van der Waals surface area contributed by atoms with Gasteiger partial charge in [-0.3, -0.25) is 0 Å². The molecule has 62 heavy (non-hydrogen) atoms. The van der Waals surface area contributed by atoms with Crippen LogP contribution in [0.25, 0.3) is 5.69 Å². The number of rotatable bonds is 6. The highest BCUT2D eigenvalue weighted by Crippen LogP contribution is 2.32. The maximum Gasteiger partial charge on any atom is 0.220 e. The lowest BCUT2D eigenvalue weighted by Crippen LogP contribution is -2.29. The Morgan fingerprint density at radius 3 is 1.40 bits per heavy atom. The lowest BCUT2D eigenvalue weighted by molar-refractivity contribution is 0.574. The van der Waals surface area contributed by atoms with Crippen molar-refractivity contribution in [3.63, 3.8) is 0 Å². The van der Waals surface area contributed by atoms with Gasteiger partial charge < -0.3 is 0 Å². The Balaban J connectivity index is 0.000000217. The topological polar surface area (TPSA) is 152 Å². The lowest BCUT2D eigenvalue weighted by atomic mass is 9.92. The average molecular weight is 853 g/mol. The normalized spacial score (nSPS) is 15.9. The SMILES string of the molecule is CC1(C)C#CC(C)(C)C[S+](Cc2ccc(C#CC#N)cc2)C1.CC1(C)C#CC(C)(C)C[S+](Cc2cn(-c3ccc(C#CC#N)cc3)nn2)C1.N#CC#Cc1ccc(N=[N+]=N)cc1. The second-order valence-electron chi connectivity index (χ2n) is 17.4. The third-order valence-corrected chi connectivity index (χ3v) is 14.9. The van der Waals surface area contributed by atoms with Gasteiger partial charge in [-0.15, -0.1) is 5.10 Å². The summed E-state index contributed by atoms with van der Waals surface area (Å²) in [4.78, 5) is 2.88. The number of aromatic nitrogens is 3. The van der Waals surface area contributed by atoms with Gasteiger partial charge in [0, 0.05) is 40.0 Å². The van der Waals surface area contributed by atoms with Gasteiger partial charge in [-0.05, 0) is 138 Å². The first-order valence-electron chi connectivity index (χ1n) is 19.8. The fourth-order valence-corrected chi connectivity index (χ4v) is 12.7. The van der Waals surface area contributed by atoms with Crippen molar-refractivity contribution in [2.24, 2.45) is 26.8 Å². The van der Waals surface area contributed by atoms with E-state index in [2.05, 4.69) is 147 Å². The van der Waals surface area contributed by atoms with Crippen molar-refractivity contribution in [3.8, 4) is 83.1 Å². The van der Waals surface area contributed by atoms with Gasteiger partial charge in [0.15, 0.2) is 34.8 Å². The summed E-state index contributed by atoms with van der Waals surface area (Å²) in [7, 11) is 0.531. The van der Waals surface area contributed by atoms with Crippen LogP contribution >= 0.6 is 0 Å². The van der Waals surface area contributed by atoms with Crippen LogP contribution in [-0.2, 0) is 33.3 Å². The maximum atomic E-state index is 8.53. The van der Waals surface area contributed by atoms with E-state index < -0.39 is 0 Å². The van der Waals surface area contributed by atoms with Gasteiger partial charge >= 0.3 is 0 Å². The van der Waals surface area contributed by atoms with E-state index in [1.165, 1.54) is 17.1 Å². The molecule has 0 amide bonds. The molecule has 1 aromatic heterocycles. The molecule has 0 aliphatic carbocycles. The fraction of sp³-hybridized carbons (Fsp3) is 0.353. The summed E-state index contributed by atoms with van der Waals surface area (Å²) in [6, 6.07) is 28.1. The maximum absolute atomic E-state index is 8.53. The molecule has 2 aliphatic heterocycles. The van der Waals surface area contributed by atoms with E-state index in [9.17, 15) is 0 Å². The van der Waals surface area contributed by atoms with E-state index in [1.807, 2.05) is 54.7 Å². The molecule has 0 radical (unpaired) electrons. The Morgan fingerprint density at radius 1 is 0.613 bits per heavy atom. The monoisotopic (exact) mass is 852 g/mol. The van der Waals surface area contributed by atoms with E-state index in [-0.39, 0.29) is 32.6 Å². The van der Waals surface area contributed by atoms with Crippen LogP contribution in [0, 0.1) is 120 Å². The van der Waals surface area contributed by atoms with E-state index in [4.69, 9.17) is 21.3 Å². The molecule has 0 saturated heterocycles. The van der Waals surface area contributed by atoms with Crippen LogP contribution in [0.3, 0.4) is 0 Å². The Bertz CT molecular complexity index is 2670. The molecular weight excluding hydrogens is 803 g/mol. The van der Waals surface area contributed by atoms with Crippen LogP contribution in [-0.4, -0.2) is 38.0 Å². The highest BCUT2D eigenvalue weighted by molar-refractivity contribution is 7.96. The minimum Gasteiger partial charge on any atom is -0.220 e. The highest BCUT2D eigenvalue weighted by Gasteiger charge is 2.38. The number of nitrogens with one attached hydrogen (secondary N) is 1. The second kappa shape index (κ2) is 22.1. The number of nitriles is 3. The van der Waals surface area contributed by atoms with Gasteiger partial charge in [0.25, 0.3) is 0 Å². The minimum absolute atomic E-state index is 0.0488. The molecule has 2 aliphatic rings. The van der Waals surface area contributed by atoms with Gasteiger partial charge in [0.1, 0.15) is 40.0 Å². The van der Waals surface area contributed by atoms with E-state index in [0.717, 1.165) is 51.1 Å². The van der Waals surface area contributed by atoms with Crippen LogP contribution in [0.15, 0.2) is 84.1 Å². The fourth-order valence-electron chi connectivity index (χ4n) is 6.46. The van der Waals surface area contributed by atoms with Crippen LogP contribution in [0.4, 0.5) is 5.69 Å². The molecule has 3 heterocycles. The summed E-state index contributed by atoms with van der Waals surface area (Å²) in [5.41, 5.74) is 13.1. The molecule has 3 aromatic carbocycles. The zero-order valence-corrected chi connectivity index (χ0v) is 38.3.